The molecule has 0 atom stereocenters. The van der Waals surface area contributed by atoms with E-state index in [2.05, 4.69) is 132 Å². The molecule has 180 valence electrons. The van der Waals surface area contributed by atoms with Gasteiger partial charge in [0.2, 0.25) is 0 Å². The van der Waals surface area contributed by atoms with Crippen LogP contribution in [0.1, 0.15) is 16.9 Å². The summed E-state index contributed by atoms with van der Waals surface area (Å²) in [6, 6.07) is 42.2. The summed E-state index contributed by atoms with van der Waals surface area (Å²) in [5.74, 6) is 0. The molecule has 1 nitrogen and oxygen atoms in total. The average molecular weight is 504 g/mol. The number of hydrogen-bond donors (Lipinski definition) is 0. The topological polar surface area (TPSA) is 4.93 Å². The summed E-state index contributed by atoms with van der Waals surface area (Å²) in [5.41, 5.74) is 10.3. The van der Waals surface area contributed by atoms with E-state index in [1.165, 1.54) is 70.3 Å². The standard InChI is InChI=1S/C36H25NS/c1-4-19-33-29(14-1)30-15-2-5-20-34(30)37(33)27-13-8-11-25(23-27)24-10-7-12-26(22-24)28-17-9-18-32-31-16-3-6-21-35(31)38-36(28)32/h1-2,4-15,17-23H,3,16H2. The van der Waals surface area contributed by atoms with Gasteiger partial charge in [0, 0.05) is 26.0 Å². The van der Waals surface area contributed by atoms with Crippen LogP contribution in [0.3, 0.4) is 0 Å². The third-order valence-electron chi connectivity index (χ3n) is 7.87. The third kappa shape index (κ3) is 3.31. The van der Waals surface area contributed by atoms with Crippen molar-refractivity contribution < 1.29 is 0 Å². The number of allylic oxidation sites excluding steroid dienone is 1. The lowest BCUT2D eigenvalue weighted by Gasteiger charge is -2.11. The van der Waals surface area contributed by atoms with Crippen LogP contribution >= 0.6 is 11.3 Å². The molecule has 0 unspecified atom stereocenters. The molecule has 2 aromatic heterocycles. The van der Waals surface area contributed by atoms with E-state index in [4.69, 9.17) is 0 Å². The summed E-state index contributed by atoms with van der Waals surface area (Å²) < 4.78 is 3.79. The van der Waals surface area contributed by atoms with Gasteiger partial charge in [0.25, 0.3) is 0 Å². The van der Waals surface area contributed by atoms with E-state index in [0.717, 1.165) is 12.8 Å². The Balaban J connectivity index is 1.27. The number of rotatable bonds is 3. The molecule has 38 heavy (non-hydrogen) atoms. The van der Waals surface area contributed by atoms with Gasteiger partial charge >= 0.3 is 0 Å². The van der Waals surface area contributed by atoms with Gasteiger partial charge in [-0.15, -0.1) is 11.3 Å². The van der Waals surface area contributed by atoms with Crippen LogP contribution in [0, 0.1) is 0 Å². The molecule has 7 aromatic rings. The van der Waals surface area contributed by atoms with Crippen LogP contribution in [0.4, 0.5) is 0 Å². The number of aryl methyl sites for hydroxylation is 1. The first-order valence-corrected chi connectivity index (χ1v) is 14.1. The SMILES string of the molecule is C1=Cc2sc3c(-c4cccc(-c5cccc(-n6c7ccccc7c7ccccc76)c5)c4)cccc3c2CC1. The molecule has 0 saturated carbocycles. The van der Waals surface area contributed by atoms with Crippen LogP contribution in [0.25, 0.3) is 65.9 Å². The van der Waals surface area contributed by atoms with E-state index < -0.39 is 0 Å². The molecular formula is C36H25NS. The molecule has 0 spiro atoms. The van der Waals surface area contributed by atoms with Crippen LogP contribution < -0.4 is 0 Å². The van der Waals surface area contributed by atoms with Crippen molar-refractivity contribution in [2.24, 2.45) is 0 Å². The second kappa shape index (κ2) is 8.58. The maximum Gasteiger partial charge on any atom is 0.0541 e. The Hall–Kier alpha value is -4.40. The van der Waals surface area contributed by atoms with Crippen molar-refractivity contribution >= 4 is 49.3 Å². The third-order valence-corrected chi connectivity index (χ3v) is 9.12. The zero-order valence-corrected chi connectivity index (χ0v) is 21.7. The molecule has 0 aliphatic heterocycles. The van der Waals surface area contributed by atoms with Gasteiger partial charge in [0.05, 0.1) is 11.0 Å². The van der Waals surface area contributed by atoms with Gasteiger partial charge in [-0.3, -0.25) is 0 Å². The smallest absolute Gasteiger partial charge is 0.0541 e. The molecule has 0 N–H and O–H groups in total. The first-order valence-electron chi connectivity index (χ1n) is 13.3. The van der Waals surface area contributed by atoms with Crippen molar-refractivity contribution in [3.8, 4) is 27.9 Å². The van der Waals surface area contributed by atoms with Crippen molar-refractivity contribution in [1.29, 1.82) is 0 Å². The van der Waals surface area contributed by atoms with Crippen LogP contribution in [0.5, 0.6) is 0 Å². The molecule has 1 aliphatic rings. The van der Waals surface area contributed by atoms with Gasteiger partial charge in [-0.25, -0.2) is 0 Å². The van der Waals surface area contributed by atoms with E-state index in [0.29, 0.717) is 0 Å². The Morgan fingerprint density at radius 3 is 2.05 bits per heavy atom. The number of nitrogens with zero attached hydrogens (tertiary/aromatic N) is 1. The van der Waals surface area contributed by atoms with Crippen molar-refractivity contribution in [3.63, 3.8) is 0 Å². The fourth-order valence-electron chi connectivity index (χ4n) is 6.12. The predicted molar refractivity (Wildman–Crippen MR) is 164 cm³/mol. The fraction of sp³-hybridized carbons (Fsp3) is 0.0556. The van der Waals surface area contributed by atoms with Crippen molar-refractivity contribution in [3.05, 3.63) is 132 Å². The number of fused-ring (bicyclic) bond motifs is 6. The van der Waals surface area contributed by atoms with E-state index in [1.54, 1.807) is 0 Å². The zero-order valence-electron chi connectivity index (χ0n) is 20.9. The Kier molecular flexibility index (Phi) is 4.89. The molecule has 0 radical (unpaired) electrons. The lowest BCUT2D eigenvalue weighted by Crippen LogP contribution is -1.94. The zero-order chi connectivity index (χ0) is 25.1. The lowest BCUT2D eigenvalue weighted by molar-refractivity contribution is 1.01. The second-order valence-electron chi connectivity index (χ2n) is 10.1. The number of para-hydroxylation sites is 2. The van der Waals surface area contributed by atoms with E-state index in [-0.39, 0.29) is 0 Å². The molecule has 0 saturated heterocycles. The van der Waals surface area contributed by atoms with E-state index >= 15 is 0 Å². The lowest BCUT2D eigenvalue weighted by atomic mass is 9.96. The summed E-state index contributed by atoms with van der Waals surface area (Å²) in [6.45, 7) is 0. The Morgan fingerprint density at radius 1 is 0.579 bits per heavy atom. The monoisotopic (exact) mass is 503 g/mol. The minimum Gasteiger partial charge on any atom is -0.309 e. The van der Waals surface area contributed by atoms with Crippen molar-refractivity contribution in [1.82, 2.24) is 4.57 Å². The minimum atomic E-state index is 1.14. The number of aromatic nitrogens is 1. The van der Waals surface area contributed by atoms with Gasteiger partial charge < -0.3 is 4.57 Å². The first kappa shape index (κ1) is 21.7. The quantitative estimate of drug-likeness (QED) is 0.226. The summed E-state index contributed by atoms with van der Waals surface area (Å²) in [5, 5.41) is 4.00. The molecule has 2 heterocycles. The Bertz CT molecular complexity index is 1980. The largest absolute Gasteiger partial charge is 0.309 e. The number of thiophene rings is 1. The highest BCUT2D eigenvalue weighted by Gasteiger charge is 2.16. The predicted octanol–water partition coefficient (Wildman–Crippen LogP) is 10.3. The maximum atomic E-state index is 2.39. The fourth-order valence-corrected chi connectivity index (χ4v) is 7.43. The van der Waals surface area contributed by atoms with Crippen LogP contribution in [-0.4, -0.2) is 4.57 Å². The highest BCUT2D eigenvalue weighted by Crippen LogP contribution is 2.41. The van der Waals surface area contributed by atoms with Gasteiger partial charge in [0.15, 0.2) is 0 Å². The number of hydrogen-bond acceptors (Lipinski definition) is 1. The van der Waals surface area contributed by atoms with Crippen LogP contribution in [-0.2, 0) is 6.42 Å². The van der Waals surface area contributed by atoms with Gasteiger partial charge in [-0.05, 0) is 82.5 Å². The molecule has 8 rings (SSSR count). The normalized spacial score (nSPS) is 12.9. The van der Waals surface area contributed by atoms with E-state index in [9.17, 15) is 0 Å². The average Bonchev–Trinajstić information content (AvgIpc) is 3.53. The number of benzene rings is 5. The summed E-state index contributed by atoms with van der Waals surface area (Å²) in [4.78, 5) is 1.42. The van der Waals surface area contributed by atoms with Crippen LogP contribution in [0.15, 0.2) is 121 Å². The molecule has 0 amide bonds. The summed E-state index contributed by atoms with van der Waals surface area (Å²) >= 11 is 1.94. The molecule has 2 heteroatoms. The maximum absolute atomic E-state index is 2.39. The molecular weight excluding hydrogens is 478 g/mol. The van der Waals surface area contributed by atoms with Gasteiger partial charge in [0.1, 0.15) is 0 Å². The van der Waals surface area contributed by atoms with Gasteiger partial charge in [-0.1, -0.05) is 91.0 Å². The van der Waals surface area contributed by atoms with E-state index in [1.807, 2.05) is 11.3 Å². The van der Waals surface area contributed by atoms with Crippen molar-refractivity contribution in [2.75, 3.05) is 0 Å². The van der Waals surface area contributed by atoms with Crippen LogP contribution in [0.2, 0.25) is 0 Å². The highest BCUT2D eigenvalue weighted by atomic mass is 32.1. The summed E-state index contributed by atoms with van der Waals surface area (Å²) in [6.07, 6.45) is 6.90. The molecule has 0 fully saturated rings. The first-order chi connectivity index (χ1) is 18.8. The molecule has 0 bridgehead atoms. The summed E-state index contributed by atoms with van der Waals surface area (Å²) in [7, 11) is 0. The molecule has 1 aliphatic carbocycles. The second-order valence-corrected chi connectivity index (χ2v) is 11.1. The van der Waals surface area contributed by atoms with Crippen molar-refractivity contribution in [2.45, 2.75) is 12.8 Å². The Labute approximate surface area is 225 Å². The highest BCUT2D eigenvalue weighted by molar-refractivity contribution is 7.20. The Morgan fingerprint density at radius 2 is 1.24 bits per heavy atom. The van der Waals surface area contributed by atoms with Gasteiger partial charge in [-0.2, -0.15) is 0 Å². The minimum absolute atomic E-state index is 1.14. The molecule has 5 aromatic carbocycles.